The molecule has 1 fully saturated rings. The highest BCUT2D eigenvalue weighted by Gasteiger charge is 2.18. The SMILES string of the molecule is CCNC(=O)c1ccc(C)c(NC2COC2)c1. The minimum absolute atomic E-state index is 0.0274. The van der Waals surface area contributed by atoms with Crippen molar-refractivity contribution in [2.24, 2.45) is 0 Å². The monoisotopic (exact) mass is 234 g/mol. The van der Waals surface area contributed by atoms with Crippen LogP contribution in [0.25, 0.3) is 0 Å². The van der Waals surface area contributed by atoms with Crippen molar-refractivity contribution in [1.29, 1.82) is 0 Å². The van der Waals surface area contributed by atoms with Gasteiger partial charge in [-0.05, 0) is 31.5 Å². The number of nitrogens with one attached hydrogen (secondary N) is 2. The average molecular weight is 234 g/mol. The van der Waals surface area contributed by atoms with Crippen LogP contribution in [-0.2, 0) is 4.74 Å². The number of carbonyl (C=O) groups is 1. The number of aryl methyl sites for hydroxylation is 1. The van der Waals surface area contributed by atoms with Crippen LogP contribution in [0.1, 0.15) is 22.8 Å². The lowest BCUT2D eigenvalue weighted by atomic mass is 10.1. The Morgan fingerprint density at radius 1 is 1.47 bits per heavy atom. The highest BCUT2D eigenvalue weighted by Crippen LogP contribution is 2.19. The van der Waals surface area contributed by atoms with E-state index in [1.165, 1.54) is 0 Å². The van der Waals surface area contributed by atoms with Crippen molar-refractivity contribution < 1.29 is 9.53 Å². The van der Waals surface area contributed by atoms with E-state index < -0.39 is 0 Å². The van der Waals surface area contributed by atoms with E-state index >= 15 is 0 Å². The molecule has 0 spiro atoms. The molecular formula is C13H18N2O2. The first-order valence-electron chi connectivity index (χ1n) is 5.94. The Morgan fingerprint density at radius 3 is 2.82 bits per heavy atom. The van der Waals surface area contributed by atoms with Crippen LogP contribution >= 0.6 is 0 Å². The van der Waals surface area contributed by atoms with Gasteiger partial charge in [-0.3, -0.25) is 4.79 Å². The third-order valence-corrected chi connectivity index (χ3v) is 2.83. The number of rotatable bonds is 4. The van der Waals surface area contributed by atoms with Gasteiger partial charge < -0.3 is 15.4 Å². The Balaban J connectivity index is 2.13. The summed E-state index contributed by atoms with van der Waals surface area (Å²) in [5.74, 6) is -0.0274. The summed E-state index contributed by atoms with van der Waals surface area (Å²) in [7, 11) is 0. The van der Waals surface area contributed by atoms with Crippen LogP contribution in [0.3, 0.4) is 0 Å². The summed E-state index contributed by atoms with van der Waals surface area (Å²) in [6, 6.07) is 6.09. The highest BCUT2D eigenvalue weighted by atomic mass is 16.5. The number of benzene rings is 1. The van der Waals surface area contributed by atoms with Gasteiger partial charge >= 0.3 is 0 Å². The minimum Gasteiger partial charge on any atom is -0.377 e. The molecule has 1 aromatic carbocycles. The first kappa shape index (κ1) is 11.9. The Labute approximate surface area is 101 Å². The Kier molecular flexibility index (Phi) is 3.64. The summed E-state index contributed by atoms with van der Waals surface area (Å²) < 4.78 is 5.12. The van der Waals surface area contributed by atoms with Gasteiger partial charge in [-0.2, -0.15) is 0 Å². The third kappa shape index (κ3) is 2.77. The Hall–Kier alpha value is -1.55. The number of amides is 1. The normalized spacial score (nSPS) is 15.2. The van der Waals surface area contributed by atoms with Gasteiger partial charge in [0, 0.05) is 17.8 Å². The number of hydrogen-bond acceptors (Lipinski definition) is 3. The molecule has 0 aliphatic carbocycles. The number of ether oxygens (including phenoxy) is 1. The minimum atomic E-state index is -0.0274. The summed E-state index contributed by atoms with van der Waals surface area (Å²) in [5, 5.41) is 6.18. The van der Waals surface area contributed by atoms with E-state index in [2.05, 4.69) is 10.6 Å². The molecule has 2 rings (SSSR count). The molecule has 1 aliphatic heterocycles. The summed E-state index contributed by atoms with van der Waals surface area (Å²) in [4.78, 5) is 11.7. The molecule has 0 unspecified atom stereocenters. The van der Waals surface area contributed by atoms with Crippen molar-refractivity contribution in [3.8, 4) is 0 Å². The zero-order valence-corrected chi connectivity index (χ0v) is 10.2. The molecule has 2 N–H and O–H groups in total. The van der Waals surface area contributed by atoms with Crippen LogP contribution in [0.2, 0.25) is 0 Å². The molecule has 4 nitrogen and oxygen atoms in total. The maximum absolute atomic E-state index is 11.7. The van der Waals surface area contributed by atoms with E-state index in [1.807, 2.05) is 32.0 Å². The van der Waals surface area contributed by atoms with Crippen LogP contribution in [-0.4, -0.2) is 31.7 Å². The molecule has 1 saturated heterocycles. The van der Waals surface area contributed by atoms with E-state index in [-0.39, 0.29) is 5.91 Å². The van der Waals surface area contributed by atoms with Crippen molar-refractivity contribution in [2.45, 2.75) is 19.9 Å². The van der Waals surface area contributed by atoms with Crippen LogP contribution < -0.4 is 10.6 Å². The second-order valence-corrected chi connectivity index (χ2v) is 4.27. The molecule has 0 atom stereocenters. The van der Waals surface area contributed by atoms with E-state index in [1.54, 1.807) is 0 Å². The maximum atomic E-state index is 11.7. The summed E-state index contributed by atoms with van der Waals surface area (Å²) in [6.07, 6.45) is 0. The fourth-order valence-corrected chi connectivity index (χ4v) is 1.72. The Morgan fingerprint density at radius 2 is 2.24 bits per heavy atom. The second-order valence-electron chi connectivity index (χ2n) is 4.27. The van der Waals surface area contributed by atoms with Gasteiger partial charge in [0.05, 0.1) is 19.3 Å². The molecule has 1 heterocycles. The fraction of sp³-hybridized carbons (Fsp3) is 0.462. The smallest absolute Gasteiger partial charge is 0.251 e. The fourth-order valence-electron chi connectivity index (χ4n) is 1.72. The van der Waals surface area contributed by atoms with Crippen LogP contribution in [0, 0.1) is 6.92 Å². The molecule has 0 radical (unpaired) electrons. The molecule has 1 aromatic rings. The van der Waals surface area contributed by atoms with Gasteiger partial charge in [0.25, 0.3) is 5.91 Å². The highest BCUT2D eigenvalue weighted by molar-refractivity contribution is 5.95. The second kappa shape index (κ2) is 5.19. The molecule has 1 aliphatic rings. The molecule has 0 aromatic heterocycles. The standard InChI is InChI=1S/C13H18N2O2/c1-3-14-13(16)10-5-4-9(2)12(6-10)15-11-7-17-8-11/h4-6,11,15H,3,7-8H2,1-2H3,(H,14,16). The van der Waals surface area contributed by atoms with Gasteiger partial charge in [-0.15, -0.1) is 0 Å². The molecule has 92 valence electrons. The van der Waals surface area contributed by atoms with Crippen LogP contribution in [0.15, 0.2) is 18.2 Å². The molecule has 4 heteroatoms. The molecular weight excluding hydrogens is 216 g/mol. The van der Waals surface area contributed by atoms with Crippen LogP contribution in [0.4, 0.5) is 5.69 Å². The van der Waals surface area contributed by atoms with E-state index in [4.69, 9.17) is 4.74 Å². The van der Waals surface area contributed by atoms with Gasteiger partial charge in [0.1, 0.15) is 0 Å². The predicted molar refractivity (Wildman–Crippen MR) is 67.4 cm³/mol. The van der Waals surface area contributed by atoms with Gasteiger partial charge in [-0.1, -0.05) is 6.07 Å². The summed E-state index contributed by atoms with van der Waals surface area (Å²) >= 11 is 0. The zero-order valence-electron chi connectivity index (χ0n) is 10.2. The van der Waals surface area contributed by atoms with Crippen molar-refractivity contribution in [3.05, 3.63) is 29.3 Å². The first-order chi connectivity index (χ1) is 8.20. The van der Waals surface area contributed by atoms with Gasteiger partial charge in [0.15, 0.2) is 0 Å². The molecule has 0 bridgehead atoms. The number of anilines is 1. The molecule has 0 saturated carbocycles. The largest absolute Gasteiger partial charge is 0.377 e. The van der Waals surface area contributed by atoms with Crippen LogP contribution in [0.5, 0.6) is 0 Å². The zero-order chi connectivity index (χ0) is 12.3. The lowest BCUT2D eigenvalue weighted by Crippen LogP contribution is -2.40. The van der Waals surface area contributed by atoms with Gasteiger partial charge in [0.2, 0.25) is 0 Å². The van der Waals surface area contributed by atoms with E-state index in [9.17, 15) is 4.79 Å². The van der Waals surface area contributed by atoms with Crippen molar-refractivity contribution in [3.63, 3.8) is 0 Å². The van der Waals surface area contributed by atoms with Gasteiger partial charge in [-0.25, -0.2) is 0 Å². The third-order valence-electron chi connectivity index (χ3n) is 2.83. The first-order valence-corrected chi connectivity index (χ1v) is 5.94. The number of carbonyl (C=O) groups excluding carboxylic acids is 1. The lowest BCUT2D eigenvalue weighted by Gasteiger charge is -2.28. The maximum Gasteiger partial charge on any atom is 0.251 e. The van der Waals surface area contributed by atoms with Crippen molar-refractivity contribution >= 4 is 11.6 Å². The molecule has 1 amide bonds. The predicted octanol–water partition coefficient (Wildman–Crippen LogP) is 1.56. The lowest BCUT2D eigenvalue weighted by molar-refractivity contribution is 0.0211. The van der Waals surface area contributed by atoms with E-state index in [0.29, 0.717) is 18.2 Å². The van der Waals surface area contributed by atoms with Crippen molar-refractivity contribution in [1.82, 2.24) is 5.32 Å². The summed E-state index contributed by atoms with van der Waals surface area (Å²) in [5.41, 5.74) is 2.85. The summed E-state index contributed by atoms with van der Waals surface area (Å²) in [6.45, 7) is 6.07. The van der Waals surface area contributed by atoms with E-state index in [0.717, 1.165) is 24.5 Å². The quantitative estimate of drug-likeness (QED) is 0.831. The van der Waals surface area contributed by atoms with Crippen molar-refractivity contribution in [2.75, 3.05) is 25.1 Å². The Bertz CT molecular complexity index is 414. The number of hydrogen-bond donors (Lipinski definition) is 2. The topological polar surface area (TPSA) is 50.4 Å². The average Bonchev–Trinajstić information content (AvgIpc) is 2.25. The molecule has 17 heavy (non-hydrogen) atoms.